The molecule has 1 aliphatic rings. The molecule has 0 amide bonds. The van der Waals surface area contributed by atoms with Gasteiger partial charge in [-0.15, -0.1) is 0 Å². The Balaban J connectivity index is 2.21. The van der Waals surface area contributed by atoms with Crippen molar-refractivity contribution < 1.29 is 0 Å². The Hall–Kier alpha value is -0.610. The van der Waals surface area contributed by atoms with Crippen molar-refractivity contribution in [3.05, 3.63) is 10.6 Å². The zero-order valence-electron chi connectivity index (χ0n) is 12.7. The molecule has 2 N–H and O–H groups in total. The van der Waals surface area contributed by atoms with Gasteiger partial charge in [-0.2, -0.15) is 0 Å². The van der Waals surface area contributed by atoms with Crippen LogP contribution in [0.25, 0.3) is 0 Å². The highest BCUT2D eigenvalue weighted by molar-refractivity contribution is 7.15. The average Bonchev–Trinajstić information content (AvgIpc) is 2.72. The molecule has 4 heteroatoms. The molecular formula is C15H27N3S. The maximum atomic E-state index is 6.33. The molecule has 0 saturated heterocycles. The number of thiazole rings is 1. The van der Waals surface area contributed by atoms with Crippen LogP contribution in [-0.4, -0.2) is 18.1 Å². The number of nitrogens with zero attached hydrogens (tertiary/aromatic N) is 2. The quantitative estimate of drug-likeness (QED) is 0.894. The number of anilines is 1. The van der Waals surface area contributed by atoms with E-state index in [1.807, 2.05) is 11.3 Å². The van der Waals surface area contributed by atoms with E-state index in [4.69, 9.17) is 10.7 Å². The van der Waals surface area contributed by atoms with Gasteiger partial charge in [0.15, 0.2) is 5.13 Å². The fourth-order valence-electron chi connectivity index (χ4n) is 2.85. The maximum absolute atomic E-state index is 6.33. The molecule has 1 heterocycles. The minimum absolute atomic E-state index is 0.176. The fourth-order valence-corrected chi connectivity index (χ4v) is 4.03. The Bertz CT molecular complexity index is 425. The first kappa shape index (κ1) is 14.8. The molecule has 108 valence electrons. The Morgan fingerprint density at radius 2 is 2.16 bits per heavy atom. The van der Waals surface area contributed by atoms with E-state index >= 15 is 0 Å². The van der Waals surface area contributed by atoms with Crippen LogP contribution >= 0.6 is 11.3 Å². The molecule has 3 nitrogen and oxygen atoms in total. The van der Waals surface area contributed by atoms with Gasteiger partial charge in [0, 0.05) is 24.0 Å². The summed E-state index contributed by atoms with van der Waals surface area (Å²) in [5, 5.41) is 1.18. The van der Waals surface area contributed by atoms with Gasteiger partial charge in [-0.25, -0.2) is 4.98 Å². The molecule has 1 aliphatic carbocycles. The normalized spacial score (nSPS) is 21.2. The lowest BCUT2D eigenvalue weighted by molar-refractivity contribution is 0.282. The van der Waals surface area contributed by atoms with Crippen LogP contribution in [0.15, 0.2) is 0 Å². The fraction of sp³-hybridized carbons (Fsp3) is 0.800. The molecule has 0 bridgehead atoms. The Labute approximate surface area is 121 Å². The monoisotopic (exact) mass is 281 g/mol. The van der Waals surface area contributed by atoms with Crippen LogP contribution in [0.3, 0.4) is 0 Å². The van der Waals surface area contributed by atoms with E-state index in [1.165, 1.54) is 28.5 Å². The van der Waals surface area contributed by atoms with Gasteiger partial charge in [0.2, 0.25) is 0 Å². The molecule has 0 fully saturated rings. The molecule has 0 radical (unpaired) electrons. The minimum Gasteiger partial charge on any atom is -0.348 e. The molecule has 0 saturated carbocycles. The lowest BCUT2D eigenvalue weighted by atomic mass is 9.77. The summed E-state index contributed by atoms with van der Waals surface area (Å²) in [4.78, 5) is 8.60. The van der Waals surface area contributed by atoms with Gasteiger partial charge in [0.1, 0.15) is 0 Å². The topological polar surface area (TPSA) is 42.2 Å². The standard InChI is InChI=1S/C15H27N3S/c1-5-7-8-18(6-2)14-17-12-10-15(3,4)9-11(16)13(12)19-14/h11H,5-10,16H2,1-4H3. The summed E-state index contributed by atoms with van der Waals surface area (Å²) in [5.74, 6) is 0. The smallest absolute Gasteiger partial charge is 0.185 e. The van der Waals surface area contributed by atoms with Gasteiger partial charge in [0.05, 0.1) is 5.69 Å². The maximum Gasteiger partial charge on any atom is 0.185 e. The molecule has 0 aliphatic heterocycles. The Morgan fingerprint density at radius 1 is 1.42 bits per heavy atom. The van der Waals surface area contributed by atoms with Crippen molar-refractivity contribution in [1.82, 2.24) is 4.98 Å². The second kappa shape index (κ2) is 5.80. The van der Waals surface area contributed by atoms with Crippen molar-refractivity contribution in [3.8, 4) is 0 Å². The predicted octanol–water partition coefficient (Wildman–Crippen LogP) is 3.74. The van der Waals surface area contributed by atoms with Gasteiger partial charge in [-0.05, 0) is 31.6 Å². The van der Waals surface area contributed by atoms with Gasteiger partial charge >= 0.3 is 0 Å². The van der Waals surface area contributed by atoms with Gasteiger partial charge in [0.25, 0.3) is 0 Å². The highest BCUT2D eigenvalue weighted by Crippen LogP contribution is 2.43. The first-order valence-corrected chi connectivity index (χ1v) is 8.28. The van der Waals surface area contributed by atoms with E-state index in [0.29, 0.717) is 0 Å². The molecule has 0 aromatic carbocycles. The van der Waals surface area contributed by atoms with Crippen LogP contribution in [0, 0.1) is 5.41 Å². The zero-order chi connectivity index (χ0) is 14.0. The largest absolute Gasteiger partial charge is 0.348 e. The summed E-state index contributed by atoms with van der Waals surface area (Å²) in [5.41, 5.74) is 7.87. The number of aromatic nitrogens is 1. The van der Waals surface area contributed by atoms with Gasteiger partial charge in [-0.3, -0.25) is 0 Å². The third-order valence-electron chi connectivity index (χ3n) is 3.91. The average molecular weight is 281 g/mol. The van der Waals surface area contributed by atoms with Crippen molar-refractivity contribution in [2.45, 2.75) is 59.4 Å². The third-order valence-corrected chi connectivity index (χ3v) is 5.20. The van der Waals surface area contributed by atoms with Crippen molar-refractivity contribution in [1.29, 1.82) is 0 Å². The summed E-state index contributed by atoms with van der Waals surface area (Å²) in [6.45, 7) is 11.2. The Morgan fingerprint density at radius 3 is 2.79 bits per heavy atom. The molecule has 1 aromatic rings. The summed E-state index contributed by atoms with van der Waals surface area (Å²) < 4.78 is 0. The van der Waals surface area contributed by atoms with E-state index in [9.17, 15) is 0 Å². The first-order chi connectivity index (χ1) is 8.96. The molecule has 1 atom stereocenters. The number of unbranched alkanes of at least 4 members (excludes halogenated alkanes) is 1. The first-order valence-electron chi connectivity index (χ1n) is 7.47. The van der Waals surface area contributed by atoms with Crippen molar-refractivity contribution in [2.24, 2.45) is 11.1 Å². The van der Waals surface area contributed by atoms with Crippen molar-refractivity contribution in [2.75, 3.05) is 18.0 Å². The summed E-state index contributed by atoms with van der Waals surface area (Å²) in [6.07, 6.45) is 4.60. The van der Waals surface area contributed by atoms with Crippen molar-refractivity contribution in [3.63, 3.8) is 0 Å². The van der Waals surface area contributed by atoms with Gasteiger partial charge < -0.3 is 10.6 Å². The van der Waals surface area contributed by atoms with E-state index in [2.05, 4.69) is 32.6 Å². The summed E-state index contributed by atoms with van der Waals surface area (Å²) >= 11 is 1.82. The molecule has 1 unspecified atom stereocenters. The third kappa shape index (κ3) is 3.29. The van der Waals surface area contributed by atoms with Crippen LogP contribution in [0.1, 0.15) is 63.6 Å². The second-order valence-electron chi connectivity index (χ2n) is 6.39. The zero-order valence-corrected chi connectivity index (χ0v) is 13.5. The number of fused-ring (bicyclic) bond motifs is 1. The van der Waals surface area contributed by atoms with Crippen LogP contribution < -0.4 is 10.6 Å². The lowest BCUT2D eigenvalue weighted by Gasteiger charge is -2.32. The SMILES string of the molecule is CCCCN(CC)c1nc2c(s1)C(N)CC(C)(C)C2. The van der Waals surface area contributed by atoms with E-state index in [-0.39, 0.29) is 11.5 Å². The van der Waals surface area contributed by atoms with E-state index < -0.39 is 0 Å². The minimum atomic E-state index is 0.176. The van der Waals surface area contributed by atoms with Gasteiger partial charge in [-0.1, -0.05) is 38.5 Å². The molecule has 1 aromatic heterocycles. The van der Waals surface area contributed by atoms with Crippen LogP contribution in [0.2, 0.25) is 0 Å². The number of nitrogens with two attached hydrogens (primary N) is 1. The molecular weight excluding hydrogens is 254 g/mol. The van der Waals surface area contributed by atoms with Crippen LogP contribution in [-0.2, 0) is 6.42 Å². The predicted molar refractivity (Wildman–Crippen MR) is 83.9 cm³/mol. The highest BCUT2D eigenvalue weighted by atomic mass is 32.1. The second-order valence-corrected chi connectivity index (χ2v) is 7.40. The number of hydrogen-bond acceptors (Lipinski definition) is 4. The number of rotatable bonds is 5. The van der Waals surface area contributed by atoms with Crippen molar-refractivity contribution >= 4 is 16.5 Å². The highest BCUT2D eigenvalue weighted by Gasteiger charge is 2.33. The van der Waals surface area contributed by atoms with E-state index in [0.717, 1.165) is 25.9 Å². The summed E-state index contributed by atoms with van der Waals surface area (Å²) in [6, 6.07) is 0.176. The number of hydrogen-bond donors (Lipinski definition) is 1. The lowest BCUT2D eigenvalue weighted by Crippen LogP contribution is -2.28. The molecule has 0 spiro atoms. The van der Waals surface area contributed by atoms with Crippen LogP contribution in [0.4, 0.5) is 5.13 Å². The molecule has 19 heavy (non-hydrogen) atoms. The molecule has 2 rings (SSSR count). The Kier molecular flexibility index (Phi) is 4.51. The van der Waals surface area contributed by atoms with Crippen LogP contribution in [0.5, 0.6) is 0 Å². The summed E-state index contributed by atoms with van der Waals surface area (Å²) in [7, 11) is 0. The van der Waals surface area contributed by atoms with E-state index in [1.54, 1.807) is 0 Å².